The van der Waals surface area contributed by atoms with E-state index in [1.54, 1.807) is 44.2 Å². The van der Waals surface area contributed by atoms with E-state index in [4.69, 9.17) is 21.6 Å². The lowest BCUT2D eigenvalue weighted by atomic mass is 9.96. The van der Waals surface area contributed by atoms with Crippen LogP contribution in [0.5, 0.6) is 5.75 Å². The molecule has 1 N–H and O–H groups in total. The van der Waals surface area contributed by atoms with E-state index in [1.165, 1.54) is 17.0 Å². The number of rotatable bonds is 3. The number of nitrogens with zero attached hydrogens (tertiary/aromatic N) is 2. The van der Waals surface area contributed by atoms with Gasteiger partial charge in [0, 0.05) is 0 Å². The SMILES string of the molecule is CC1(C)C(=O)Nc2ccccc2N1C(=O)COc1ccc(C#N)cc1Cl. The van der Waals surface area contributed by atoms with E-state index in [0.717, 1.165) is 0 Å². The van der Waals surface area contributed by atoms with Crippen LogP contribution in [0.15, 0.2) is 42.5 Å². The van der Waals surface area contributed by atoms with Gasteiger partial charge in [-0.2, -0.15) is 5.26 Å². The summed E-state index contributed by atoms with van der Waals surface area (Å²) in [5.74, 6) is -0.356. The maximum absolute atomic E-state index is 12.9. The molecule has 6 nitrogen and oxygen atoms in total. The summed E-state index contributed by atoms with van der Waals surface area (Å²) in [6.45, 7) is 3.05. The molecule has 2 aromatic carbocycles. The Morgan fingerprint density at radius 3 is 2.73 bits per heavy atom. The molecule has 0 radical (unpaired) electrons. The molecule has 0 unspecified atom stereocenters. The molecule has 0 saturated carbocycles. The van der Waals surface area contributed by atoms with Gasteiger partial charge >= 0.3 is 0 Å². The van der Waals surface area contributed by atoms with Crippen molar-refractivity contribution < 1.29 is 14.3 Å². The Kier molecular flexibility index (Phi) is 4.58. The molecule has 7 heteroatoms. The van der Waals surface area contributed by atoms with E-state index >= 15 is 0 Å². The van der Waals surface area contributed by atoms with Crippen molar-refractivity contribution in [2.24, 2.45) is 0 Å². The molecule has 3 rings (SSSR count). The Morgan fingerprint density at radius 2 is 2.04 bits per heavy atom. The van der Waals surface area contributed by atoms with E-state index in [1.807, 2.05) is 6.07 Å². The lowest BCUT2D eigenvalue weighted by molar-refractivity contribution is -0.127. The number of halogens is 1. The molecule has 26 heavy (non-hydrogen) atoms. The number of carbonyl (C=O) groups is 2. The fourth-order valence-corrected chi connectivity index (χ4v) is 3.02. The summed E-state index contributed by atoms with van der Waals surface area (Å²) in [5, 5.41) is 11.9. The largest absolute Gasteiger partial charge is 0.482 e. The zero-order valence-corrected chi connectivity index (χ0v) is 15.0. The van der Waals surface area contributed by atoms with Crippen LogP contribution in [0.25, 0.3) is 0 Å². The Hall–Kier alpha value is -3.04. The third-order valence-electron chi connectivity index (χ3n) is 4.17. The van der Waals surface area contributed by atoms with Crippen LogP contribution in [-0.2, 0) is 9.59 Å². The second-order valence-corrected chi connectivity index (χ2v) is 6.71. The molecule has 1 aliphatic heterocycles. The van der Waals surface area contributed by atoms with Crippen LogP contribution < -0.4 is 15.0 Å². The Bertz CT molecular complexity index is 934. The normalized spacial score (nSPS) is 14.8. The number of hydrogen-bond acceptors (Lipinski definition) is 4. The number of para-hydroxylation sites is 2. The number of anilines is 2. The molecule has 0 fully saturated rings. The van der Waals surface area contributed by atoms with Crippen LogP contribution in [0, 0.1) is 11.3 Å². The average molecular weight is 370 g/mol. The minimum Gasteiger partial charge on any atom is -0.482 e. The van der Waals surface area contributed by atoms with Crippen molar-refractivity contribution in [3.05, 3.63) is 53.1 Å². The van der Waals surface area contributed by atoms with Crippen molar-refractivity contribution in [1.82, 2.24) is 0 Å². The highest BCUT2D eigenvalue weighted by atomic mass is 35.5. The lowest BCUT2D eigenvalue weighted by Crippen LogP contribution is -2.59. The minimum absolute atomic E-state index is 0.243. The topological polar surface area (TPSA) is 82.4 Å². The summed E-state index contributed by atoms with van der Waals surface area (Å²) in [6.07, 6.45) is 0. The third-order valence-corrected chi connectivity index (χ3v) is 4.46. The first-order valence-electron chi connectivity index (χ1n) is 7.90. The number of benzene rings is 2. The fraction of sp³-hybridized carbons (Fsp3) is 0.211. The standard InChI is InChI=1S/C19H16ClN3O3/c1-19(2)18(25)22-14-5-3-4-6-15(14)23(19)17(24)11-26-16-8-7-12(10-21)9-13(16)20/h3-9H,11H2,1-2H3,(H,22,25). The Labute approximate surface area is 155 Å². The summed E-state index contributed by atoms with van der Waals surface area (Å²) < 4.78 is 5.53. The van der Waals surface area contributed by atoms with Crippen molar-refractivity contribution in [3.8, 4) is 11.8 Å². The number of hydrogen-bond donors (Lipinski definition) is 1. The van der Waals surface area contributed by atoms with E-state index in [-0.39, 0.29) is 23.4 Å². The van der Waals surface area contributed by atoms with Crippen LogP contribution in [0.2, 0.25) is 5.02 Å². The molecule has 0 bridgehead atoms. The van der Waals surface area contributed by atoms with Gasteiger partial charge in [-0.05, 0) is 44.2 Å². The van der Waals surface area contributed by atoms with Gasteiger partial charge in [0.05, 0.1) is 28.0 Å². The van der Waals surface area contributed by atoms with E-state index in [0.29, 0.717) is 22.7 Å². The van der Waals surface area contributed by atoms with Crippen LogP contribution >= 0.6 is 11.6 Å². The molecule has 0 aliphatic carbocycles. The second kappa shape index (κ2) is 6.70. The van der Waals surface area contributed by atoms with E-state index < -0.39 is 5.54 Å². The highest BCUT2D eigenvalue weighted by Crippen LogP contribution is 2.36. The van der Waals surface area contributed by atoms with Crippen molar-refractivity contribution in [3.63, 3.8) is 0 Å². The van der Waals surface area contributed by atoms with Gasteiger partial charge in [0.2, 0.25) is 5.91 Å². The number of nitrogens with one attached hydrogen (secondary N) is 1. The predicted octanol–water partition coefficient (Wildman–Crippen LogP) is 3.35. The third kappa shape index (κ3) is 3.09. The first-order valence-corrected chi connectivity index (χ1v) is 8.28. The van der Waals surface area contributed by atoms with E-state index in [2.05, 4.69) is 5.32 Å². The van der Waals surface area contributed by atoms with Crippen LogP contribution in [-0.4, -0.2) is 24.0 Å². The average Bonchev–Trinajstić information content (AvgIpc) is 2.61. The molecular weight excluding hydrogens is 354 g/mol. The Balaban J connectivity index is 1.85. The quantitative estimate of drug-likeness (QED) is 0.899. The van der Waals surface area contributed by atoms with Crippen molar-refractivity contribution in [2.45, 2.75) is 19.4 Å². The van der Waals surface area contributed by atoms with Crippen LogP contribution in [0.4, 0.5) is 11.4 Å². The monoisotopic (exact) mass is 369 g/mol. The van der Waals surface area contributed by atoms with Crippen LogP contribution in [0.1, 0.15) is 19.4 Å². The molecule has 2 amide bonds. The number of nitriles is 1. The summed E-state index contributed by atoms with van der Waals surface area (Å²) in [7, 11) is 0. The van der Waals surface area contributed by atoms with Crippen LogP contribution in [0.3, 0.4) is 0 Å². The van der Waals surface area contributed by atoms with Gasteiger partial charge in [0.1, 0.15) is 11.3 Å². The van der Waals surface area contributed by atoms with Gasteiger partial charge in [-0.25, -0.2) is 0 Å². The van der Waals surface area contributed by atoms with Gasteiger partial charge < -0.3 is 10.1 Å². The number of amides is 2. The van der Waals surface area contributed by atoms with Gasteiger partial charge in [0.25, 0.3) is 5.91 Å². The maximum Gasteiger partial charge on any atom is 0.265 e. The smallest absolute Gasteiger partial charge is 0.265 e. The van der Waals surface area contributed by atoms with Crippen molar-refractivity contribution in [1.29, 1.82) is 5.26 Å². The van der Waals surface area contributed by atoms with Gasteiger partial charge in [-0.3, -0.25) is 14.5 Å². The zero-order valence-electron chi connectivity index (χ0n) is 14.2. The molecule has 0 spiro atoms. The highest BCUT2D eigenvalue weighted by Gasteiger charge is 2.43. The first kappa shape index (κ1) is 17.8. The molecule has 0 saturated heterocycles. The molecule has 132 valence electrons. The van der Waals surface area contributed by atoms with Crippen molar-refractivity contribution >= 4 is 34.8 Å². The second-order valence-electron chi connectivity index (χ2n) is 6.31. The highest BCUT2D eigenvalue weighted by molar-refractivity contribution is 6.32. The number of ether oxygens (including phenoxy) is 1. The summed E-state index contributed by atoms with van der Waals surface area (Å²) in [4.78, 5) is 26.7. The lowest BCUT2D eigenvalue weighted by Gasteiger charge is -2.41. The summed E-state index contributed by atoms with van der Waals surface area (Å²) in [6, 6.07) is 13.6. The Morgan fingerprint density at radius 1 is 1.31 bits per heavy atom. The zero-order chi connectivity index (χ0) is 18.9. The van der Waals surface area contributed by atoms with Gasteiger partial charge in [0.15, 0.2) is 6.61 Å². The molecule has 0 atom stereocenters. The minimum atomic E-state index is -1.07. The molecule has 1 aliphatic rings. The van der Waals surface area contributed by atoms with Gasteiger partial charge in [-0.15, -0.1) is 0 Å². The fourth-order valence-electron chi connectivity index (χ4n) is 2.79. The summed E-state index contributed by atoms with van der Waals surface area (Å²) >= 11 is 6.07. The predicted molar refractivity (Wildman–Crippen MR) is 98.3 cm³/mol. The van der Waals surface area contributed by atoms with E-state index in [9.17, 15) is 9.59 Å². The molecule has 1 heterocycles. The molecule has 0 aromatic heterocycles. The summed E-state index contributed by atoms with van der Waals surface area (Å²) in [5.41, 5.74) is 0.512. The molecule has 2 aromatic rings. The molecular formula is C19H16ClN3O3. The maximum atomic E-state index is 12.9. The first-order chi connectivity index (χ1) is 12.3. The van der Waals surface area contributed by atoms with Crippen molar-refractivity contribution in [2.75, 3.05) is 16.8 Å². The number of carbonyl (C=O) groups excluding carboxylic acids is 2. The number of fused-ring (bicyclic) bond motifs is 1. The van der Waals surface area contributed by atoms with Gasteiger partial charge in [-0.1, -0.05) is 23.7 Å².